The summed E-state index contributed by atoms with van der Waals surface area (Å²) in [5.74, 6) is 2.98. The fraction of sp³-hybridized carbons (Fsp3) is 0.450. The molecule has 0 aliphatic carbocycles. The third-order valence-corrected chi connectivity index (χ3v) is 5.05. The summed E-state index contributed by atoms with van der Waals surface area (Å²) in [5.41, 5.74) is 0. The molecule has 0 spiro atoms. The Labute approximate surface area is 164 Å². The van der Waals surface area contributed by atoms with Crippen LogP contribution in [0.1, 0.15) is 12.8 Å². The molecule has 4 rings (SSSR count). The molecule has 1 N–H and O–H groups in total. The molecule has 3 heterocycles. The largest absolute Gasteiger partial charge is 0.485 e. The molecular weight excluding hydrogens is 358 g/mol. The van der Waals surface area contributed by atoms with Crippen LogP contribution in [0, 0.1) is 0 Å². The number of ether oxygens (including phenoxy) is 2. The van der Waals surface area contributed by atoms with E-state index in [0.29, 0.717) is 24.6 Å². The first-order valence-corrected chi connectivity index (χ1v) is 9.53. The van der Waals surface area contributed by atoms with Gasteiger partial charge in [-0.1, -0.05) is 12.1 Å². The number of nitrogens with zero attached hydrogens (tertiary/aromatic N) is 4. The Hall–Kier alpha value is -3.03. The SMILES string of the molecule is CN(C)c1cc(NC2CCN(C(=O)C3COc4ccccc4O3)CC2)ncn1. The average Bonchev–Trinajstić information content (AvgIpc) is 2.73. The molecule has 1 aromatic heterocycles. The van der Waals surface area contributed by atoms with E-state index in [1.165, 1.54) is 0 Å². The van der Waals surface area contributed by atoms with Gasteiger partial charge in [-0.25, -0.2) is 9.97 Å². The summed E-state index contributed by atoms with van der Waals surface area (Å²) in [5, 5.41) is 3.46. The summed E-state index contributed by atoms with van der Waals surface area (Å²) < 4.78 is 11.5. The van der Waals surface area contributed by atoms with Crippen molar-refractivity contribution in [3.63, 3.8) is 0 Å². The van der Waals surface area contributed by atoms with E-state index in [0.717, 1.165) is 24.5 Å². The van der Waals surface area contributed by atoms with Gasteiger partial charge in [0.15, 0.2) is 11.5 Å². The number of carbonyl (C=O) groups is 1. The summed E-state index contributed by atoms with van der Waals surface area (Å²) >= 11 is 0. The number of likely N-dealkylation sites (tertiary alicyclic amines) is 1. The zero-order valence-corrected chi connectivity index (χ0v) is 16.2. The minimum atomic E-state index is -0.580. The average molecular weight is 383 g/mol. The fourth-order valence-corrected chi connectivity index (χ4v) is 3.47. The van der Waals surface area contributed by atoms with Crippen LogP contribution in [-0.4, -0.2) is 66.7 Å². The maximum atomic E-state index is 12.8. The van der Waals surface area contributed by atoms with Gasteiger partial charge in [0.25, 0.3) is 5.91 Å². The third-order valence-electron chi connectivity index (χ3n) is 5.05. The van der Waals surface area contributed by atoms with Crippen LogP contribution < -0.4 is 19.7 Å². The Balaban J connectivity index is 1.31. The van der Waals surface area contributed by atoms with Gasteiger partial charge in [-0.3, -0.25) is 4.79 Å². The van der Waals surface area contributed by atoms with Gasteiger partial charge in [-0.2, -0.15) is 0 Å². The maximum absolute atomic E-state index is 12.8. The van der Waals surface area contributed by atoms with E-state index in [1.807, 2.05) is 54.2 Å². The first-order valence-electron chi connectivity index (χ1n) is 9.53. The number of benzene rings is 1. The molecule has 1 aromatic carbocycles. The van der Waals surface area contributed by atoms with Crippen LogP contribution in [0.3, 0.4) is 0 Å². The number of rotatable bonds is 4. The lowest BCUT2D eigenvalue weighted by Crippen LogP contribution is -2.50. The van der Waals surface area contributed by atoms with Crippen molar-refractivity contribution < 1.29 is 14.3 Å². The highest BCUT2D eigenvalue weighted by Gasteiger charge is 2.33. The van der Waals surface area contributed by atoms with Gasteiger partial charge < -0.3 is 24.6 Å². The Morgan fingerprint density at radius 1 is 1.18 bits per heavy atom. The normalized spacial score (nSPS) is 19.2. The summed E-state index contributed by atoms with van der Waals surface area (Å²) in [4.78, 5) is 25.2. The van der Waals surface area contributed by atoms with Crippen molar-refractivity contribution in [1.29, 1.82) is 0 Å². The third kappa shape index (κ3) is 3.95. The number of amides is 1. The second-order valence-corrected chi connectivity index (χ2v) is 7.26. The van der Waals surface area contributed by atoms with Crippen molar-refractivity contribution in [1.82, 2.24) is 14.9 Å². The summed E-state index contributed by atoms with van der Waals surface area (Å²) in [6.07, 6.45) is 2.70. The number of fused-ring (bicyclic) bond motifs is 1. The lowest BCUT2D eigenvalue weighted by atomic mass is 10.0. The second kappa shape index (κ2) is 7.92. The van der Waals surface area contributed by atoms with Gasteiger partial charge in [0, 0.05) is 39.3 Å². The smallest absolute Gasteiger partial charge is 0.267 e. The molecule has 0 saturated carbocycles. The molecule has 2 aliphatic rings. The van der Waals surface area contributed by atoms with Crippen LogP contribution in [0.4, 0.5) is 11.6 Å². The van der Waals surface area contributed by atoms with Crippen LogP contribution in [0.2, 0.25) is 0 Å². The van der Waals surface area contributed by atoms with Crippen LogP contribution in [0.5, 0.6) is 11.5 Å². The molecule has 8 nitrogen and oxygen atoms in total. The number of carbonyl (C=O) groups excluding carboxylic acids is 1. The Morgan fingerprint density at radius 3 is 2.68 bits per heavy atom. The molecule has 2 aliphatic heterocycles. The highest BCUT2D eigenvalue weighted by molar-refractivity contribution is 5.82. The van der Waals surface area contributed by atoms with E-state index in [1.54, 1.807) is 6.33 Å². The molecular formula is C20H25N5O3. The van der Waals surface area contributed by atoms with Gasteiger partial charge >= 0.3 is 0 Å². The molecule has 1 saturated heterocycles. The fourth-order valence-electron chi connectivity index (χ4n) is 3.47. The van der Waals surface area contributed by atoms with Crippen LogP contribution in [-0.2, 0) is 4.79 Å². The van der Waals surface area contributed by atoms with E-state index in [2.05, 4.69) is 15.3 Å². The Kier molecular flexibility index (Phi) is 5.18. The molecule has 148 valence electrons. The van der Waals surface area contributed by atoms with E-state index in [-0.39, 0.29) is 18.6 Å². The standard InChI is InChI=1S/C20H25N5O3/c1-24(2)19-11-18(21-13-22-19)23-14-7-9-25(10-8-14)20(26)17-12-27-15-5-3-4-6-16(15)28-17/h3-6,11,13-14,17H,7-10,12H2,1-2H3,(H,21,22,23). The zero-order valence-electron chi connectivity index (χ0n) is 16.2. The Morgan fingerprint density at radius 2 is 1.93 bits per heavy atom. The molecule has 1 atom stereocenters. The minimum absolute atomic E-state index is 0.00937. The molecule has 0 bridgehead atoms. The maximum Gasteiger partial charge on any atom is 0.267 e. The number of anilines is 2. The molecule has 28 heavy (non-hydrogen) atoms. The van der Waals surface area contributed by atoms with Crippen LogP contribution in [0.15, 0.2) is 36.7 Å². The van der Waals surface area contributed by atoms with Crippen molar-refractivity contribution in [2.45, 2.75) is 25.0 Å². The number of piperidine rings is 1. The predicted octanol–water partition coefficient (Wildman–Crippen LogP) is 1.79. The van der Waals surface area contributed by atoms with Gasteiger partial charge in [0.2, 0.25) is 6.10 Å². The second-order valence-electron chi connectivity index (χ2n) is 7.26. The van der Waals surface area contributed by atoms with Crippen molar-refractivity contribution in [3.05, 3.63) is 36.7 Å². The van der Waals surface area contributed by atoms with E-state index in [9.17, 15) is 4.79 Å². The van der Waals surface area contributed by atoms with E-state index in [4.69, 9.17) is 9.47 Å². The van der Waals surface area contributed by atoms with E-state index >= 15 is 0 Å². The quantitative estimate of drug-likeness (QED) is 0.862. The minimum Gasteiger partial charge on any atom is -0.485 e. The van der Waals surface area contributed by atoms with Gasteiger partial charge in [-0.05, 0) is 25.0 Å². The van der Waals surface area contributed by atoms with Crippen molar-refractivity contribution in [2.75, 3.05) is 44.0 Å². The first-order chi connectivity index (χ1) is 13.6. The first kappa shape index (κ1) is 18.3. The molecule has 0 radical (unpaired) electrons. The molecule has 2 aromatic rings. The highest BCUT2D eigenvalue weighted by Crippen LogP contribution is 2.31. The van der Waals surface area contributed by atoms with Crippen LogP contribution in [0.25, 0.3) is 0 Å². The predicted molar refractivity (Wildman–Crippen MR) is 106 cm³/mol. The summed E-state index contributed by atoms with van der Waals surface area (Å²) in [6, 6.07) is 9.65. The van der Waals surface area contributed by atoms with Crippen LogP contribution >= 0.6 is 0 Å². The summed E-state index contributed by atoms with van der Waals surface area (Å²) in [7, 11) is 3.90. The zero-order chi connectivity index (χ0) is 19.5. The number of hydrogen-bond donors (Lipinski definition) is 1. The molecule has 1 fully saturated rings. The topological polar surface area (TPSA) is 79.8 Å². The van der Waals surface area contributed by atoms with Crippen molar-refractivity contribution in [2.24, 2.45) is 0 Å². The Bertz CT molecular complexity index is 836. The lowest BCUT2D eigenvalue weighted by Gasteiger charge is -2.35. The van der Waals surface area contributed by atoms with Gasteiger partial charge in [0.1, 0.15) is 24.6 Å². The number of hydrogen-bond acceptors (Lipinski definition) is 7. The number of aromatic nitrogens is 2. The summed E-state index contributed by atoms with van der Waals surface area (Å²) in [6.45, 7) is 1.62. The van der Waals surface area contributed by atoms with Gasteiger partial charge in [0.05, 0.1) is 0 Å². The van der Waals surface area contributed by atoms with Crippen molar-refractivity contribution >= 4 is 17.5 Å². The number of para-hydroxylation sites is 2. The van der Waals surface area contributed by atoms with Gasteiger partial charge in [-0.15, -0.1) is 0 Å². The molecule has 8 heteroatoms. The van der Waals surface area contributed by atoms with Crippen molar-refractivity contribution in [3.8, 4) is 11.5 Å². The number of nitrogens with one attached hydrogen (secondary N) is 1. The van der Waals surface area contributed by atoms with E-state index < -0.39 is 6.10 Å². The monoisotopic (exact) mass is 383 g/mol. The highest BCUT2D eigenvalue weighted by atomic mass is 16.6. The molecule has 1 amide bonds. The molecule has 1 unspecified atom stereocenters. The lowest BCUT2D eigenvalue weighted by molar-refractivity contribution is -0.142.